The third-order valence-corrected chi connectivity index (χ3v) is 26.8. The van der Waals surface area contributed by atoms with Crippen molar-refractivity contribution < 1.29 is 9.53 Å². The Bertz CT molecular complexity index is 7610. The van der Waals surface area contributed by atoms with E-state index in [9.17, 15) is 0 Å². The maximum Gasteiger partial charge on any atom is 0.307 e. The van der Waals surface area contributed by atoms with Crippen molar-refractivity contribution >= 4 is 297 Å². The highest BCUT2D eigenvalue weighted by Gasteiger charge is 2.72. The smallest absolute Gasteiger partial charge is 0.307 e. The van der Waals surface area contributed by atoms with Crippen molar-refractivity contribution in [3.8, 4) is 0 Å². The van der Waals surface area contributed by atoms with Gasteiger partial charge in [-0.2, -0.15) is 0 Å². The Morgan fingerprint density at radius 2 is 0.456 bits per heavy atom. The zero-order valence-corrected chi connectivity index (χ0v) is 40.9. The van der Waals surface area contributed by atoms with Crippen LogP contribution in [-0.4, -0.2) is 5.97 Å². The Hall–Kier alpha value is -9.63. The molecule has 0 bridgehead atoms. The van der Waals surface area contributed by atoms with Crippen LogP contribution in [0.2, 0.25) is 0 Å². The minimum atomic E-state index is -1.10. The van der Waals surface area contributed by atoms with E-state index in [0.29, 0.717) is 12.8 Å². The Morgan fingerprint density at radius 3 is 0.696 bits per heavy atom. The zero-order valence-electron chi connectivity index (χ0n) is 40.9. The van der Waals surface area contributed by atoms with E-state index in [1.54, 1.807) is 226 Å². The number of ether oxygens (including phenoxy) is 1. The van der Waals surface area contributed by atoms with Gasteiger partial charge in [-0.15, -0.1) is 0 Å². The predicted molar refractivity (Wildman–Crippen MR) is 329 cm³/mol. The molecule has 0 amide bonds. The number of aryl methyl sites for hydroxylation is 2. The van der Waals surface area contributed by atoms with Crippen molar-refractivity contribution in [2.24, 2.45) is 0 Å². The van der Waals surface area contributed by atoms with Gasteiger partial charge < -0.3 is 4.74 Å². The molecule has 338 valence electrons. The third kappa shape index (κ3) is 1.93. The van der Waals surface area contributed by atoms with Crippen molar-refractivity contribution in [1.82, 2.24) is 0 Å². The molecule has 0 saturated carbocycles. The molecule has 4 aliphatic rings. The number of hydrogen-bond donors (Lipinski definition) is 0. The highest BCUT2D eigenvalue weighted by Crippen LogP contribution is 2.85. The van der Waals surface area contributed by atoms with Crippen LogP contribution in [0.15, 0.2) is 60.7 Å². The summed E-state index contributed by atoms with van der Waals surface area (Å²) >= 11 is 0. The number of rotatable bonds is 7. The van der Waals surface area contributed by atoms with Gasteiger partial charge in [-0.1, -0.05) is 60.7 Å². The molecule has 4 aliphatic carbocycles. The summed E-state index contributed by atoms with van der Waals surface area (Å²) in [5, 5.41) is 84.4. The van der Waals surface area contributed by atoms with E-state index >= 15 is 4.79 Å². The molecule has 30 aromatic rings. The van der Waals surface area contributed by atoms with E-state index in [1.165, 1.54) is 98.0 Å². The standard InChI is InChI=1S/C77H18O2/c78-17(12-11-15-7-3-1-4-8-15)79-77-74-68-62-52-40-32-24-20-18-19-22-26(24)34(40)44-38-30(22)31-23(19)27-25-21(18)29-28(20)36-42(32)50-56-46(36)47-37(29)43-33(25)41-35(27)45-39(31)49-48(38)60(54(44)62)70(74)71-61(49)55(45)63-53(41)59-51(43)57(47)65-64(56)72(66(68)58(50)52)76(77,14-13-16-9-5-2-6-10-16)73(65)67(59)69(63)75(71)77/h1-10H,11-14H2. The van der Waals surface area contributed by atoms with Crippen LogP contribution in [0.25, 0.3) is 291 Å². The van der Waals surface area contributed by atoms with Crippen LogP contribution in [0.4, 0.5) is 0 Å². The summed E-state index contributed by atoms with van der Waals surface area (Å²) in [5.41, 5.74) is 6.59. The molecule has 0 radical (unpaired) electrons. The predicted octanol–water partition coefficient (Wildman–Crippen LogP) is 20.1. The first kappa shape index (κ1) is 31.6. The summed E-state index contributed by atoms with van der Waals surface area (Å²) in [6.45, 7) is 0. The molecule has 34 rings (SSSR count). The number of hydrogen-bond acceptors (Lipinski definition) is 2. The van der Waals surface area contributed by atoms with E-state index in [-0.39, 0.29) is 5.97 Å². The summed E-state index contributed by atoms with van der Waals surface area (Å²) in [5.74, 6) is -0.0551. The van der Waals surface area contributed by atoms with E-state index in [2.05, 4.69) is 60.7 Å². The van der Waals surface area contributed by atoms with Gasteiger partial charge in [-0.05, 0) is 332 Å². The fourth-order valence-corrected chi connectivity index (χ4v) is 26.0. The minimum absolute atomic E-state index is 0.0551. The number of benzene rings is 20. The summed E-state index contributed by atoms with van der Waals surface area (Å²) in [7, 11) is 0. The van der Waals surface area contributed by atoms with Crippen LogP contribution >= 0.6 is 0 Å². The van der Waals surface area contributed by atoms with Gasteiger partial charge in [0.15, 0.2) is 5.60 Å². The van der Waals surface area contributed by atoms with E-state index in [1.807, 2.05) is 0 Å². The van der Waals surface area contributed by atoms with Gasteiger partial charge >= 0.3 is 5.97 Å². The highest BCUT2D eigenvalue weighted by molar-refractivity contribution is 6.82. The monoisotopic (exact) mass is 974 g/mol. The van der Waals surface area contributed by atoms with Crippen molar-refractivity contribution in [3.63, 3.8) is 0 Å². The quantitative estimate of drug-likeness (QED) is 0.117. The molecule has 2 heteroatoms. The van der Waals surface area contributed by atoms with E-state index in [4.69, 9.17) is 4.74 Å². The molecule has 0 saturated heterocycles. The lowest BCUT2D eigenvalue weighted by Crippen LogP contribution is -2.54. The van der Waals surface area contributed by atoms with Crippen molar-refractivity contribution in [3.05, 3.63) is 94.0 Å². The molecule has 0 fully saturated rings. The normalized spacial score (nSPS) is 20.5. The Kier molecular flexibility index (Phi) is 3.09. The van der Waals surface area contributed by atoms with Gasteiger partial charge in [0.2, 0.25) is 0 Å². The molecule has 2 nitrogen and oxygen atoms in total. The van der Waals surface area contributed by atoms with Gasteiger partial charge in [0.25, 0.3) is 0 Å². The molecule has 0 unspecified atom stereocenters. The fraction of sp³-hybridized carbons (Fsp3) is 0.0779. The molecule has 0 aliphatic heterocycles. The average molecular weight is 975 g/mol. The zero-order chi connectivity index (χ0) is 47.8. The first-order valence-corrected chi connectivity index (χ1v) is 29.3. The SMILES string of the molecule is O=C(CCc1ccccc1)OC12c3c4c5c6c7c8c(c9c%10c1c1c3c3c%11c4c4c5c5c7c7c%12c8c8c9c9c%10c%10c1c1c3c3c%11c%11c4c4c5c7c5c7c%12c8c8c9c9c%10c1c1c3c3c%11c4c5c4c7c8c9c1c34)C62CCc1ccccc1. The van der Waals surface area contributed by atoms with Crippen LogP contribution in [0.3, 0.4) is 0 Å². The summed E-state index contributed by atoms with van der Waals surface area (Å²) in [4.78, 5) is 16.4. The molecule has 0 heterocycles. The van der Waals surface area contributed by atoms with Crippen LogP contribution in [0, 0.1) is 0 Å². The second-order valence-electron chi connectivity index (χ2n) is 27.8. The van der Waals surface area contributed by atoms with Crippen molar-refractivity contribution in [1.29, 1.82) is 0 Å². The first-order chi connectivity index (χ1) is 39.3. The second kappa shape index (κ2) is 7.73. The highest BCUT2D eigenvalue weighted by atomic mass is 16.6. The fourth-order valence-electron chi connectivity index (χ4n) is 26.0. The summed E-state index contributed by atoms with van der Waals surface area (Å²) in [6, 6.07) is 22.2. The van der Waals surface area contributed by atoms with Crippen LogP contribution < -0.4 is 0 Å². The largest absolute Gasteiger partial charge is 0.448 e. The maximum absolute atomic E-state index is 16.4. The number of esters is 1. The van der Waals surface area contributed by atoms with E-state index in [0.717, 1.165) is 12.8 Å². The minimum Gasteiger partial charge on any atom is -0.448 e. The molecule has 79 heavy (non-hydrogen) atoms. The van der Waals surface area contributed by atoms with Gasteiger partial charge in [-0.25, -0.2) is 0 Å². The lowest BCUT2D eigenvalue weighted by Gasteiger charge is -2.53. The van der Waals surface area contributed by atoms with Crippen LogP contribution in [-0.2, 0) is 33.4 Å². The van der Waals surface area contributed by atoms with E-state index < -0.39 is 11.0 Å². The first-order valence-electron chi connectivity index (χ1n) is 29.3. The van der Waals surface area contributed by atoms with Gasteiger partial charge in [0.05, 0.1) is 5.41 Å². The van der Waals surface area contributed by atoms with Crippen LogP contribution in [0.1, 0.15) is 46.2 Å². The van der Waals surface area contributed by atoms with Gasteiger partial charge in [0, 0.05) is 17.5 Å². The topological polar surface area (TPSA) is 26.3 Å². The molecule has 0 N–H and O–H groups in total. The van der Waals surface area contributed by atoms with Crippen molar-refractivity contribution in [2.75, 3.05) is 0 Å². The second-order valence-corrected chi connectivity index (χ2v) is 27.8. The lowest BCUT2D eigenvalue weighted by atomic mass is 9.52. The summed E-state index contributed by atoms with van der Waals surface area (Å²) in [6.07, 6.45) is 2.75. The third-order valence-electron chi connectivity index (χ3n) is 26.8. The van der Waals surface area contributed by atoms with Crippen LogP contribution in [0.5, 0.6) is 0 Å². The number of carbonyl (C=O) groups excluding carboxylic acids is 1. The molecule has 30 aromatic carbocycles. The van der Waals surface area contributed by atoms with Gasteiger partial charge in [0.1, 0.15) is 0 Å². The average Bonchev–Trinajstić information content (AvgIpc) is 1.43. The molecule has 0 atom stereocenters. The van der Waals surface area contributed by atoms with Crippen molar-refractivity contribution in [2.45, 2.75) is 36.7 Å². The van der Waals surface area contributed by atoms with Gasteiger partial charge in [-0.3, -0.25) is 4.79 Å². The molecular weight excluding hydrogens is 957 g/mol. The molecule has 0 aromatic heterocycles. The summed E-state index contributed by atoms with van der Waals surface area (Å²) < 4.78 is 8.46. The maximum atomic E-state index is 16.4. The molecular formula is C77H18O2. The molecule has 0 spiro atoms. The lowest BCUT2D eigenvalue weighted by molar-refractivity contribution is -0.162. The Labute approximate surface area is 434 Å². The Balaban J connectivity index is 1.03. The number of carbonyl (C=O) groups is 1. The Morgan fingerprint density at radius 1 is 0.253 bits per heavy atom.